The lowest BCUT2D eigenvalue weighted by Crippen LogP contribution is -2.11. The first kappa shape index (κ1) is 19.5. The van der Waals surface area contributed by atoms with Gasteiger partial charge in [-0.15, -0.1) is 0 Å². The average Bonchev–Trinajstić information content (AvgIpc) is 2.64. The summed E-state index contributed by atoms with van der Waals surface area (Å²) < 4.78 is 10.5. The van der Waals surface area contributed by atoms with Crippen LogP contribution in [0.15, 0.2) is 27.4 Å². The maximum Gasteiger partial charge on any atom is 0.358 e. The van der Waals surface area contributed by atoms with Crippen molar-refractivity contribution in [1.82, 2.24) is 4.98 Å². The molecule has 2 N–H and O–H groups in total. The van der Waals surface area contributed by atoms with Crippen molar-refractivity contribution in [1.29, 1.82) is 0 Å². The predicted octanol–water partition coefficient (Wildman–Crippen LogP) is 4.70. The van der Waals surface area contributed by atoms with E-state index < -0.39 is 11.6 Å². The van der Waals surface area contributed by atoms with Gasteiger partial charge in [0, 0.05) is 17.0 Å². The fraction of sp³-hybridized carbons (Fsp3) is 0.167. The van der Waals surface area contributed by atoms with Crippen LogP contribution in [0.3, 0.4) is 0 Å². The molecule has 0 aliphatic heterocycles. The van der Waals surface area contributed by atoms with Gasteiger partial charge in [-0.1, -0.05) is 46.9 Å². The minimum atomic E-state index is -0.851. The quantitative estimate of drug-likeness (QED) is 0.370. The SMILES string of the molecule is Cc1ccc2c(COC(=O)c3nc(Cl)c(Cl)c(N)c3Cl)cc(=O)oc2c1C. The van der Waals surface area contributed by atoms with Crippen LogP contribution in [-0.4, -0.2) is 11.0 Å². The first-order valence-corrected chi connectivity index (χ1v) is 8.84. The Labute approximate surface area is 168 Å². The van der Waals surface area contributed by atoms with Crippen LogP contribution in [0.4, 0.5) is 5.69 Å². The molecule has 0 aliphatic carbocycles. The van der Waals surface area contributed by atoms with Crippen molar-refractivity contribution < 1.29 is 13.9 Å². The van der Waals surface area contributed by atoms with E-state index in [0.29, 0.717) is 16.5 Å². The van der Waals surface area contributed by atoms with Crippen molar-refractivity contribution in [2.24, 2.45) is 0 Å². The molecule has 2 heterocycles. The second-order valence-electron chi connectivity index (χ2n) is 5.84. The molecule has 0 saturated heterocycles. The molecule has 9 heteroatoms. The zero-order valence-corrected chi connectivity index (χ0v) is 16.5. The van der Waals surface area contributed by atoms with Crippen molar-refractivity contribution in [2.75, 3.05) is 5.73 Å². The zero-order chi connectivity index (χ0) is 19.9. The fourth-order valence-electron chi connectivity index (χ4n) is 2.52. The largest absolute Gasteiger partial charge is 0.456 e. The standard InChI is InChI=1S/C18H13Cl3N2O4/c1-7-3-4-10-9(5-11(24)27-16(10)8(7)2)6-26-18(25)15-12(19)14(22)13(20)17(21)23-15/h3-5H,6H2,1-2H3,(H2,22,23). The number of fused-ring (bicyclic) bond motifs is 1. The van der Waals surface area contributed by atoms with Crippen molar-refractivity contribution in [3.63, 3.8) is 0 Å². The highest BCUT2D eigenvalue weighted by molar-refractivity contribution is 6.46. The van der Waals surface area contributed by atoms with Gasteiger partial charge in [0.15, 0.2) is 10.8 Å². The summed E-state index contributed by atoms with van der Waals surface area (Å²) in [6, 6.07) is 4.95. The summed E-state index contributed by atoms with van der Waals surface area (Å²) in [5.41, 5.74) is 7.57. The number of rotatable bonds is 3. The smallest absolute Gasteiger partial charge is 0.358 e. The molecule has 0 aliphatic rings. The number of nitrogens with two attached hydrogens (primary N) is 1. The summed E-state index contributed by atoms with van der Waals surface area (Å²) in [6.07, 6.45) is 0. The summed E-state index contributed by atoms with van der Waals surface area (Å²) in [4.78, 5) is 28.1. The summed E-state index contributed by atoms with van der Waals surface area (Å²) >= 11 is 17.7. The van der Waals surface area contributed by atoms with Gasteiger partial charge >= 0.3 is 11.6 Å². The minimum Gasteiger partial charge on any atom is -0.456 e. The zero-order valence-electron chi connectivity index (χ0n) is 14.2. The van der Waals surface area contributed by atoms with Crippen LogP contribution in [0.25, 0.3) is 11.0 Å². The van der Waals surface area contributed by atoms with E-state index >= 15 is 0 Å². The Bertz CT molecular complexity index is 1140. The second-order valence-corrected chi connectivity index (χ2v) is 6.96. The lowest BCUT2D eigenvalue weighted by atomic mass is 10.0. The van der Waals surface area contributed by atoms with Gasteiger partial charge in [0.1, 0.15) is 17.2 Å². The molecule has 0 saturated carbocycles. The molecule has 1 aromatic carbocycles. The van der Waals surface area contributed by atoms with Gasteiger partial charge in [0.2, 0.25) is 0 Å². The molecule has 0 bridgehead atoms. The van der Waals surface area contributed by atoms with E-state index in [-0.39, 0.29) is 33.2 Å². The van der Waals surface area contributed by atoms with Crippen LogP contribution in [0.1, 0.15) is 27.2 Å². The number of nitrogen functional groups attached to an aromatic ring is 1. The summed E-state index contributed by atoms with van der Waals surface area (Å²) in [5.74, 6) is -0.851. The highest BCUT2D eigenvalue weighted by Gasteiger charge is 2.21. The molecular formula is C18H13Cl3N2O4. The van der Waals surface area contributed by atoms with E-state index in [1.54, 1.807) is 6.07 Å². The molecule has 0 unspecified atom stereocenters. The lowest BCUT2D eigenvalue weighted by Gasteiger charge is -2.11. The first-order valence-electron chi connectivity index (χ1n) is 7.70. The van der Waals surface area contributed by atoms with Gasteiger partial charge in [-0.05, 0) is 25.0 Å². The molecule has 27 heavy (non-hydrogen) atoms. The van der Waals surface area contributed by atoms with Gasteiger partial charge < -0.3 is 14.9 Å². The van der Waals surface area contributed by atoms with Crippen LogP contribution in [0.2, 0.25) is 15.2 Å². The lowest BCUT2D eigenvalue weighted by molar-refractivity contribution is 0.0467. The van der Waals surface area contributed by atoms with E-state index in [1.165, 1.54) is 6.07 Å². The van der Waals surface area contributed by atoms with E-state index in [0.717, 1.165) is 11.1 Å². The molecular weight excluding hydrogens is 415 g/mol. The van der Waals surface area contributed by atoms with E-state index in [1.807, 2.05) is 19.9 Å². The van der Waals surface area contributed by atoms with Crippen LogP contribution >= 0.6 is 34.8 Å². The topological polar surface area (TPSA) is 95.4 Å². The predicted molar refractivity (Wildman–Crippen MR) is 105 cm³/mol. The molecule has 140 valence electrons. The fourth-order valence-corrected chi connectivity index (χ4v) is 3.11. The minimum absolute atomic E-state index is 0.0456. The van der Waals surface area contributed by atoms with Gasteiger partial charge in [0.25, 0.3) is 0 Å². The number of esters is 1. The number of halogens is 3. The first-order chi connectivity index (χ1) is 12.7. The van der Waals surface area contributed by atoms with Crippen molar-refractivity contribution >= 4 is 57.4 Å². The molecule has 0 amide bonds. The Kier molecular flexibility index (Phi) is 5.33. The molecule has 0 fully saturated rings. The van der Waals surface area contributed by atoms with E-state index in [4.69, 9.17) is 49.7 Å². The van der Waals surface area contributed by atoms with Crippen molar-refractivity contribution in [3.05, 3.63) is 66.2 Å². The monoisotopic (exact) mass is 426 g/mol. The summed E-state index contributed by atoms with van der Waals surface area (Å²) in [5, 5.41) is 0.301. The third kappa shape index (κ3) is 3.60. The Morgan fingerprint density at radius 2 is 1.93 bits per heavy atom. The number of nitrogens with zero attached hydrogens (tertiary/aromatic N) is 1. The van der Waals surface area contributed by atoms with Crippen molar-refractivity contribution in [3.8, 4) is 0 Å². The highest BCUT2D eigenvalue weighted by Crippen LogP contribution is 2.34. The molecule has 6 nitrogen and oxygen atoms in total. The number of carbonyl (C=O) groups excluding carboxylic acids is 1. The average molecular weight is 428 g/mol. The molecule has 0 radical (unpaired) electrons. The van der Waals surface area contributed by atoms with E-state index in [2.05, 4.69) is 4.98 Å². The highest BCUT2D eigenvalue weighted by atomic mass is 35.5. The van der Waals surface area contributed by atoms with Crippen molar-refractivity contribution in [2.45, 2.75) is 20.5 Å². The number of hydrogen-bond donors (Lipinski definition) is 1. The maximum atomic E-state index is 12.4. The van der Waals surface area contributed by atoms with Crippen LogP contribution < -0.4 is 11.4 Å². The number of carbonyl (C=O) groups is 1. The van der Waals surface area contributed by atoms with Gasteiger partial charge in [-0.25, -0.2) is 14.6 Å². The number of aryl methyl sites for hydroxylation is 2. The van der Waals surface area contributed by atoms with Gasteiger partial charge in [-0.2, -0.15) is 0 Å². The molecule has 0 spiro atoms. The van der Waals surface area contributed by atoms with Crippen LogP contribution in [-0.2, 0) is 11.3 Å². The van der Waals surface area contributed by atoms with Crippen LogP contribution in [0.5, 0.6) is 0 Å². The van der Waals surface area contributed by atoms with E-state index in [9.17, 15) is 9.59 Å². The number of anilines is 1. The Hall–Kier alpha value is -2.28. The third-order valence-electron chi connectivity index (χ3n) is 4.14. The summed E-state index contributed by atoms with van der Waals surface area (Å²) in [6.45, 7) is 3.56. The Morgan fingerprint density at radius 1 is 1.22 bits per heavy atom. The summed E-state index contributed by atoms with van der Waals surface area (Å²) in [7, 11) is 0. The van der Waals surface area contributed by atoms with Gasteiger partial charge in [-0.3, -0.25) is 0 Å². The van der Waals surface area contributed by atoms with Crippen LogP contribution in [0, 0.1) is 13.8 Å². The molecule has 2 aromatic heterocycles. The Morgan fingerprint density at radius 3 is 2.63 bits per heavy atom. The number of ether oxygens (including phenoxy) is 1. The molecule has 0 atom stereocenters. The number of pyridine rings is 1. The number of aromatic nitrogens is 1. The second kappa shape index (κ2) is 7.38. The third-order valence-corrected chi connectivity index (χ3v) is 5.28. The molecule has 3 aromatic rings. The van der Waals surface area contributed by atoms with Gasteiger partial charge in [0.05, 0.1) is 10.7 Å². The normalized spacial score (nSPS) is 11.0. The molecule has 3 rings (SSSR count). The number of hydrogen-bond acceptors (Lipinski definition) is 6. The Balaban J connectivity index is 1.95. The maximum absolute atomic E-state index is 12.4. The number of benzene rings is 1.